The number of unbranched alkanes of at least 4 members (excludes halogenated alkanes) is 32. The second-order valence-corrected chi connectivity index (χ2v) is 17.6. The summed E-state index contributed by atoms with van der Waals surface area (Å²) in [4.78, 5) is 8.47. The fraction of sp³-hybridized carbons (Fsp3) is 1.00. The van der Waals surface area contributed by atoms with Crippen LogP contribution >= 0.6 is 0 Å². The molecule has 1 aliphatic heterocycles. The Hall–Kier alpha value is -0.160. The van der Waals surface area contributed by atoms with E-state index < -0.39 is 0 Å². The molecule has 0 unspecified atom stereocenters. The van der Waals surface area contributed by atoms with Crippen molar-refractivity contribution >= 4 is 0 Å². The van der Waals surface area contributed by atoms with E-state index in [1.165, 1.54) is 297 Å². The highest BCUT2D eigenvalue weighted by molar-refractivity contribution is 4.71. The van der Waals surface area contributed by atoms with Gasteiger partial charge in [0.2, 0.25) is 0 Å². The van der Waals surface area contributed by atoms with Gasteiger partial charge in [-0.2, -0.15) is 0 Å². The summed E-state index contributed by atoms with van der Waals surface area (Å²) >= 11 is 0. The Morgan fingerprint density at radius 3 is 0.830 bits per heavy atom. The van der Waals surface area contributed by atoms with Gasteiger partial charge in [0.15, 0.2) is 0 Å². The minimum absolute atomic E-state index is 1.17. The van der Waals surface area contributed by atoms with Crippen molar-refractivity contribution in [3.63, 3.8) is 0 Å². The van der Waals surface area contributed by atoms with Crippen LogP contribution in [0.5, 0.6) is 0 Å². The highest BCUT2D eigenvalue weighted by Gasteiger charge is 2.14. The molecule has 0 aromatic rings. The first-order chi connectivity index (χ1) is 26.3. The number of rotatable bonds is 44. The minimum Gasteiger partial charge on any atom is -0.314 e. The maximum Gasteiger partial charge on any atom is 0.0110 e. The molecule has 1 aliphatic rings. The average Bonchev–Trinajstić information content (AvgIpc) is 3.18. The molecule has 4 nitrogen and oxygen atoms in total. The first-order valence-corrected chi connectivity index (χ1v) is 25.2. The molecule has 0 amide bonds. The lowest BCUT2D eigenvalue weighted by Crippen LogP contribution is -2.47. The molecule has 4 heteroatoms. The van der Waals surface area contributed by atoms with E-state index in [0.717, 1.165) is 0 Å². The normalized spacial score (nSPS) is 14.0. The molecule has 0 atom stereocenters. The standard InChI is InChI=1S/C49H102N4/c1-4-7-10-13-16-19-22-25-28-31-34-37-42-51(41-36-33-30-27-24-21-18-15-12-9-6-3)46-47-52(48-49-53-44-39-50-40-45-53)43-38-35-32-29-26-23-20-17-14-11-8-5-2/h50H,4-49H2,1-3H3. The zero-order chi connectivity index (χ0) is 38.0. The summed E-state index contributed by atoms with van der Waals surface area (Å²) < 4.78 is 0. The molecular weight excluding hydrogens is 645 g/mol. The lowest BCUT2D eigenvalue weighted by molar-refractivity contribution is 0.163. The van der Waals surface area contributed by atoms with Crippen molar-refractivity contribution in [1.82, 2.24) is 20.0 Å². The third-order valence-corrected chi connectivity index (χ3v) is 12.4. The maximum absolute atomic E-state index is 3.56. The molecule has 1 fully saturated rings. The molecule has 1 saturated heterocycles. The molecule has 0 radical (unpaired) electrons. The molecule has 318 valence electrons. The van der Waals surface area contributed by atoms with Crippen molar-refractivity contribution < 1.29 is 0 Å². The Labute approximate surface area is 336 Å². The summed E-state index contributed by atoms with van der Waals surface area (Å²) in [5.74, 6) is 0. The maximum atomic E-state index is 3.56. The fourth-order valence-electron chi connectivity index (χ4n) is 8.52. The van der Waals surface area contributed by atoms with Gasteiger partial charge in [-0.05, 0) is 38.9 Å². The molecule has 0 aromatic carbocycles. The predicted molar refractivity (Wildman–Crippen MR) is 241 cm³/mol. The van der Waals surface area contributed by atoms with Gasteiger partial charge in [0.25, 0.3) is 0 Å². The number of hydrogen-bond donors (Lipinski definition) is 1. The first kappa shape index (κ1) is 50.9. The molecule has 0 saturated carbocycles. The Morgan fingerprint density at radius 1 is 0.302 bits per heavy atom. The van der Waals surface area contributed by atoms with Gasteiger partial charge in [0.05, 0.1) is 0 Å². The summed E-state index contributed by atoms with van der Waals surface area (Å²) in [6, 6.07) is 0. The lowest BCUT2D eigenvalue weighted by Gasteiger charge is -2.32. The molecule has 53 heavy (non-hydrogen) atoms. The van der Waals surface area contributed by atoms with E-state index >= 15 is 0 Å². The van der Waals surface area contributed by atoms with E-state index in [1.54, 1.807) is 0 Å². The van der Waals surface area contributed by atoms with Crippen LogP contribution in [0.1, 0.15) is 245 Å². The van der Waals surface area contributed by atoms with Gasteiger partial charge in [-0.25, -0.2) is 0 Å². The second kappa shape index (κ2) is 43.0. The van der Waals surface area contributed by atoms with Gasteiger partial charge in [0.1, 0.15) is 0 Å². The van der Waals surface area contributed by atoms with Gasteiger partial charge >= 0.3 is 0 Å². The zero-order valence-electron chi connectivity index (χ0n) is 37.4. The summed E-state index contributed by atoms with van der Waals surface area (Å²) in [5.41, 5.74) is 0. The Balaban J connectivity index is 2.43. The number of nitrogens with one attached hydrogen (secondary N) is 1. The Kier molecular flexibility index (Phi) is 41.2. The first-order valence-electron chi connectivity index (χ1n) is 25.2. The molecule has 0 spiro atoms. The predicted octanol–water partition coefficient (Wildman–Crippen LogP) is 14.2. The summed E-state index contributed by atoms with van der Waals surface area (Å²) in [7, 11) is 0. The average molecular weight is 747 g/mol. The van der Waals surface area contributed by atoms with Crippen LogP contribution in [0.2, 0.25) is 0 Å². The molecular formula is C49H102N4. The largest absolute Gasteiger partial charge is 0.314 e. The third-order valence-electron chi connectivity index (χ3n) is 12.4. The molecule has 1 heterocycles. The fourth-order valence-corrected chi connectivity index (χ4v) is 8.52. The van der Waals surface area contributed by atoms with Crippen LogP contribution in [-0.4, -0.2) is 86.7 Å². The highest BCUT2D eigenvalue weighted by Crippen LogP contribution is 2.15. The van der Waals surface area contributed by atoms with Crippen molar-refractivity contribution in [2.75, 3.05) is 72.0 Å². The van der Waals surface area contributed by atoms with Crippen molar-refractivity contribution in [2.45, 2.75) is 245 Å². The van der Waals surface area contributed by atoms with Crippen molar-refractivity contribution in [1.29, 1.82) is 0 Å². The lowest BCUT2D eigenvalue weighted by atomic mass is 10.0. The smallest absolute Gasteiger partial charge is 0.0110 e. The molecule has 0 aliphatic carbocycles. The topological polar surface area (TPSA) is 21.8 Å². The summed E-state index contributed by atoms with van der Waals surface area (Å²) in [6.07, 6.45) is 50.6. The quantitative estimate of drug-likeness (QED) is 0.0627. The number of piperazine rings is 1. The summed E-state index contributed by atoms with van der Waals surface area (Å²) in [6.45, 7) is 20.8. The van der Waals surface area contributed by atoms with Gasteiger partial charge < -0.3 is 15.1 Å². The van der Waals surface area contributed by atoms with Crippen molar-refractivity contribution in [3.05, 3.63) is 0 Å². The number of nitrogens with zero attached hydrogens (tertiary/aromatic N) is 3. The van der Waals surface area contributed by atoms with Gasteiger partial charge in [-0.3, -0.25) is 4.90 Å². The monoisotopic (exact) mass is 747 g/mol. The van der Waals surface area contributed by atoms with E-state index in [9.17, 15) is 0 Å². The third kappa shape index (κ3) is 37.2. The van der Waals surface area contributed by atoms with E-state index in [-0.39, 0.29) is 0 Å². The SMILES string of the molecule is CCCCCCCCCCCCCCN(CCCCCCCCCCCCC)CCN(CCCCCCCCCCCCCC)CCN1CCNCC1. The minimum atomic E-state index is 1.17. The Bertz CT molecular complexity index is 665. The van der Waals surface area contributed by atoms with E-state index in [4.69, 9.17) is 0 Å². The van der Waals surface area contributed by atoms with Crippen LogP contribution in [-0.2, 0) is 0 Å². The molecule has 0 bridgehead atoms. The van der Waals surface area contributed by atoms with E-state index in [1.807, 2.05) is 0 Å². The van der Waals surface area contributed by atoms with Gasteiger partial charge in [0, 0.05) is 52.4 Å². The van der Waals surface area contributed by atoms with Crippen LogP contribution < -0.4 is 5.32 Å². The highest BCUT2D eigenvalue weighted by atomic mass is 15.2. The van der Waals surface area contributed by atoms with E-state index in [0.29, 0.717) is 0 Å². The van der Waals surface area contributed by atoms with Gasteiger partial charge in [-0.15, -0.1) is 0 Å². The molecule has 1 N–H and O–H groups in total. The van der Waals surface area contributed by atoms with Crippen LogP contribution in [0.4, 0.5) is 0 Å². The van der Waals surface area contributed by atoms with Crippen LogP contribution in [0.3, 0.4) is 0 Å². The summed E-state index contributed by atoms with van der Waals surface area (Å²) in [5, 5.41) is 3.56. The van der Waals surface area contributed by atoms with Crippen LogP contribution in [0.15, 0.2) is 0 Å². The number of hydrogen-bond acceptors (Lipinski definition) is 4. The van der Waals surface area contributed by atoms with Crippen LogP contribution in [0, 0.1) is 0 Å². The second-order valence-electron chi connectivity index (χ2n) is 17.6. The molecule has 0 aromatic heterocycles. The Morgan fingerprint density at radius 2 is 0.547 bits per heavy atom. The van der Waals surface area contributed by atoms with E-state index in [2.05, 4.69) is 40.8 Å². The van der Waals surface area contributed by atoms with Crippen LogP contribution in [0.25, 0.3) is 0 Å². The van der Waals surface area contributed by atoms with Crippen molar-refractivity contribution in [2.24, 2.45) is 0 Å². The molecule has 1 rings (SSSR count). The van der Waals surface area contributed by atoms with Crippen molar-refractivity contribution in [3.8, 4) is 0 Å². The van der Waals surface area contributed by atoms with Gasteiger partial charge in [-0.1, -0.05) is 226 Å². The zero-order valence-corrected chi connectivity index (χ0v) is 37.4.